The maximum Gasteiger partial charge on any atom is 0.335 e. The highest BCUT2D eigenvalue weighted by molar-refractivity contribution is 5.88. The molecule has 2 N–H and O–H groups in total. The number of carboxylic acids is 1. The van der Waals surface area contributed by atoms with E-state index >= 15 is 0 Å². The molecular formula is C19H19N7O2. The molecule has 4 heterocycles. The van der Waals surface area contributed by atoms with Crippen molar-refractivity contribution in [2.24, 2.45) is 0 Å². The lowest BCUT2D eigenvalue weighted by atomic mass is 10.1. The monoisotopic (exact) mass is 377 g/mol. The Morgan fingerprint density at radius 3 is 2.50 bits per heavy atom. The average Bonchev–Trinajstić information content (AvgIpc) is 2.75. The summed E-state index contributed by atoms with van der Waals surface area (Å²) in [4.78, 5) is 34.9. The number of rotatable bonds is 5. The van der Waals surface area contributed by atoms with Crippen LogP contribution in [0.3, 0.4) is 0 Å². The Morgan fingerprint density at radius 1 is 1.00 bits per heavy atom. The molecule has 1 fully saturated rings. The smallest absolute Gasteiger partial charge is 0.335 e. The molecule has 1 aliphatic heterocycles. The summed E-state index contributed by atoms with van der Waals surface area (Å²) in [7, 11) is 0. The van der Waals surface area contributed by atoms with Crippen molar-refractivity contribution in [3.63, 3.8) is 0 Å². The molecule has 3 aromatic heterocycles. The van der Waals surface area contributed by atoms with Gasteiger partial charge in [-0.25, -0.2) is 24.7 Å². The van der Waals surface area contributed by atoms with Gasteiger partial charge in [0.15, 0.2) is 0 Å². The molecule has 3 aromatic rings. The second-order valence-corrected chi connectivity index (χ2v) is 6.45. The van der Waals surface area contributed by atoms with Gasteiger partial charge >= 0.3 is 5.97 Å². The van der Waals surface area contributed by atoms with E-state index in [1.165, 1.54) is 18.3 Å². The predicted molar refractivity (Wildman–Crippen MR) is 103 cm³/mol. The van der Waals surface area contributed by atoms with Crippen LogP contribution in [0, 0.1) is 0 Å². The van der Waals surface area contributed by atoms with E-state index in [-0.39, 0.29) is 5.56 Å². The molecule has 0 bridgehead atoms. The molecule has 1 saturated heterocycles. The van der Waals surface area contributed by atoms with Crippen molar-refractivity contribution in [3.05, 3.63) is 54.6 Å². The summed E-state index contributed by atoms with van der Waals surface area (Å²) in [5.74, 6) is 0.271. The minimum Gasteiger partial charge on any atom is -0.478 e. The number of piperidine rings is 1. The minimum absolute atomic E-state index is 0.181. The Morgan fingerprint density at radius 2 is 1.75 bits per heavy atom. The zero-order valence-electron chi connectivity index (χ0n) is 15.1. The first-order valence-electron chi connectivity index (χ1n) is 9.00. The first-order chi connectivity index (χ1) is 13.7. The molecule has 0 radical (unpaired) electrons. The van der Waals surface area contributed by atoms with Gasteiger partial charge in [-0.2, -0.15) is 0 Å². The molecule has 0 saturated carbocycles. The molecule has 1 aliphatic rings. The van der Waals surface area contributed by atoms with E-state index in [1.807, 2.05) is 0 Å². The second-order valence-electron chi connectivity index (χ2n) is 6.45. The summed E-state index contributed by atoms with van der Waals surface area (Å²) in [5, 5.41) is 12.5. The van der Waals surface area contributed by atoms with Crippen LogP contribution in [-0.2, 0) is 0 Å². The number of pyridine rings is 1. The molecule has 28 heavy (non-hydrogen) atoms. The Hall–Kier alpha value is -3.62. The summed E-state index contributed by atoms with van der Waals surface area (Å²) in [6, 6.07) is 6.81. The van der Waals surface area contributed by atoms with Gasteiger partial charge in [0.2, 0.25) is 11.9 Å². The quantitative estimate of drug-likeness (QED) is 0.689. The van der Waals surface area contributed by atoms with Gasteiger partial charge < -0.3 is 15.3 Å². The molecule has 0 spiro atoms. The maximum atomic E-state index is 11.2. The van der Waals surface area contributed by atoms with Crippen molar-refractivity contribution in [3.8, 4) is 11.4 Å². The highest BCUT2D eigenvalue weighted by Gasteiger charge is 2.22. The van der Waals surface area contributed by atoms with Crippen LogP contribution in [-0.4, -0.2) is 55.1 Å². The van der Waals surface area contributed by atoms with E-state index in [1.54, 1.807) is 30.7 Å². The summed E-state index contributed by atoms with van der Waals surface area (Å²) in [6.07, 6.45) is 8.42. The van der Waals surface area contributed by atoms with Gasteiger partial charge in [-0.05, 0) is 37.1 Å². The third-order valence-corrected chi connectivity index (χ3v) is 4.59. The van der Waals surface area contributed by atoms with Crippen molar-refractivity contribution in [2.45, 2.75) is 18.9 Å². The Labute approximate surface area is 161 Å². The summed E-state index contributed by atoms with van der Waals surface area (Å²) in [5.41, 5.74) is 1.30. The fourth-order valence-electron chi connectivity index (χ4n) is 3.13. The minimum atomic E-state index is -0.991. The highest BCUT2D eigenvalue weighted by Crippen LogP contribution is 2.21. The fraction of sp³-hybridized carbons (Fsp3) is 0.263. The number of hydrogen-bond acceptors (Lipinski definition) is 8. The van der Waals surface area contributed by atoms with Crippen molar-refractivity contribution in [1.82, 2.24) is 24.9 Å². The van der Waals surface area contributed by atoms with Crippen LogP contribution in [0.5, 0.6) is 0 Å². The zero-order valence-corrected chi connectivity index (χ0v) is 15.1. The number of aromatic carboxylic acids is 1. The molecule has 0 aromatic carbocycles. The molecule has 0 amide bonds. The number of carbonyl (C=O) groups is 1. The van der Waals surface area contributed by atoms with E-state index in [2.05, 4.69) is 35.1 Å². The normalized spacial score (nSPS) is 14.6. The SMILES string of the molecule is O=C(O)c1ccnc(-c2ccnc(N3CCC(Nc4ncccn4)CC3)n2)c1. The third kappa shape index (κ3) is 4.03. The topological polar surface area (TPSA) is 117 Å². The number of nitrogens with one attached hydrogen (secondary N) is 1. The Balaban J connectivity index is 1.44. The molecule has 4 rings (SSSR count). The van der Waals surface area contributed by atoms with Gasteiger partial charge in [0.05, 0.1) is 17.0 Å². The molecule has 142 valence electrons. The van der Waals surface area contributed by atoms with E-state index in [0.29, 0.717) is 29.3 Å². The summed E-state index contributed by atoms with van der Waals surface area (Å²) in [6.45, 7) is 1.60. The van der Waals surface area contributed by atoms with Crippen molar-refractivity contribution < 1.29 is 9.90 Å². The summed E-state index contributed by atoms with van der Waals surface area (Å²) < 4.78 is 0. The van der Waals surface area contributed by atoms with E-state index in [9.17, 15) is 4.79 Å². The van der Waals surface area contributed by atoms with Crippen LogP contribution in [0.4, 0.5) is 11.9 Å². The molecule has 0 aliphatic carbocycles. The van der Waals surface area contributed by atoms with Gasteiger partial charge in [-0.3, -0.25) is 4.98 Å². The van der Waals surface area contributed by atoms with Gasteiger partial charge in [0.25, 0.3) is 0 Å². The van der Waals surface area contributed by atoms with E-state index in [4.69, 9.17) is 5.11 Å². The van der Waals surface area contributed by atoms with Crippen LogP contribution < -0.4 is 10.2 Å². The number of anilines is 2. The van der Waals surface area contributed by atoms with E-state index in [0.717, 1.165) is 25.9 Å². The molecule has 9 nitrogen and oxygen atoms in total. The highest BCUT2D eigenvalue weighted by atomic mass is 16.4. The van der Waals surface area contributed by atoms with Crippen LogP contribution >= 0.6 is 0 Å². The number of nitrogens with zero attached hydrogens (tertiary/aromatic N) is 6. The predicted octanol–water partition coefficient (Wildman–Crippen LogP) is 2.11. The standard InChI is InChI=1S/C19H19N7O2/c27-17(28)13-2-8-20-16(12-13)15-3-9-23-19(25-15)26-10-4-14(5-11-26)24-18-21-6-1-7-22-18/h1-3,6-9,12,14H,4-5,10-11H2,(H,27,28)(H,21,22,24). The molecule has 0 atom stereocenters. The molecular weight excluding hydrogens is 358 g/mol. The van der Waals surface area contributed by atoms with Crippen LogP contribution in [0.2, 0.25) is 0 Å². The van der Waals surface area contributed by atoms with Crippen molar-refractivity contribution in [2.75, 3.05) is 23.3 Å². The van der Waals surface area contributed by atoms with E-state index < -0.39 is 5.97 Å². The number of carboxylic acid groups (broad SMARTS) is 1. The first-order valence-corrected chi connectivity index (χ1v) is 9.00. The lowest BCUT2D eigenvalue weighted by Gasteiger charge is -2.32. The van der Waals surface area contributed by atoms with Gasteiger partial charge in [-0.1, -0.05) is 0 Å². The zero-order chi connectivity index (χ0) is 19.3. The lowest BCUT2D eigenvalue weighted by Crippen LogP contribution is -2.40. The van der Waals surface area contributed by atoms with Crippen LogP contribution in [0.25, 0.3) is 11.4 Å². The number of hydrogen-bond donors (Lipinski definition) is 2. The average molecular weight is 377 g/mol. The Kier molecular flexibility index (Phi) is 5.05. The van der Waals surface area contributed by atoms with Crippen LogP contribution in [0.1, 0.15) is 23.2 Å². The molecule has 9 heteroatoms. The number of aromatic nitrogens is 5. The van der Waals surface area contributed by atoms with Gasteiger partial charge in [0, 0.05) is 43.9 Å². The fourth-order valence-corrected chi connectivity index (χ4v) is 3.13. The lowest BCUT2D eigenvalue weighted by molar-refractivity contribution is 0.0697. The van der Waals surface area contributed by atoms with Crippen molar-refractivity contribution in [1.29, 1.82) is 0 Å². The maximum absolute atomic E-state index is 11.2. The summed E-state index contributed by atoms with van der Waals surface area (Å²) >= 11 is 0. The third-order valence-electron chi connectivity index (χ3n) is 4.59. The van der Waals surface area contributed by atoms with Gasteiger partial charge in [0.1, 0.15) is 0 Å². The van der Waals surface area contributed by atoms with Crippen molar-refractivity contribution >= 4 is 17.9 Å². The Bertz CT molecular complexity index is 959. The largest absolute Gasteiger partial charge is 0.478 e. The van der Waals surface area contributed by atoms with Crippen LogP contribution in [0.15, 0.2) is 49.1 Å². The first kappa shape index (κ1) is 17.8. The molecule has 0 unspecified atom stereocenters. The van der Waals surface area contributed by atoms with Gasteiger partial charge in [-0.15, -0.1) is 0 Å². The second kappa shape index (κ2) is 7.95.